The van der Waals surface area contributed by atoms with E-state index in [0.717, 1.165) is 18.3 Å². The molecule has 0 spiro atoms. The predicted octanol–water partition coefficient (Wildman–Crippen LogP) is 2.55. The molecule has 1 aliphatic carbocycles. The molecule has 1 aliphatic rings. The topological polar surface area (TPSA) is 21.3 Å². The first-order valence-electron chi connectivity index (χ1n) is 5.67. The highest BCUT2D eigenvalue weighted by atomic mass is 16.5. The van der Waals surface area contributed by atoms with Crippen molar-refractivity contribution in [2.75, 3.05) is 13.7 Å². The summed E-state index contributed by atoms with van der Waals surface area (Å²) in [6.07, 6.45) is 2.71. The van der Waals surface area contributed by atoms with Gasteiger partial charge in [-0.3, -0.25) is 0 Å². The van der Waals surface area contributed by atoms with Crippen molar-refractivity contribution in [1.82, 2.24) is 5.32 Å². The van der Waals surface area contributed by atoms with Gasteiger partial charge in [0.25, 0.3) is 0 Å². The largest absolute Gasteiger partial charge is 0.497 e. The second-order valence-electron chi connectivity index (χ2n) is 4.36. The molecular weight excluding hydrogens is 186 g/mol. The van der Waals surface area contributed by atoms with E-state index in [2.05, 4.69) is 24.4 Å². The molecule has 1 aromatic rings. The van der Waals surface area contributed by atoms with E-state index in [0.29, 0.717) is 5.92 Å². The van der Waals surface area contributed by atoms with Crippen LogP contribution in [0, 0.1) is 0 Å². The van der Waals surface area contributed by atoms with Crippen LogP contribution in [0.4, 0.5) is 0 Å². The fraction of sp³-hybridized carbons (Fsp3) is 0.538. The second kappa shape index (κ2) is 4.67. The maximum Gasteiger partial charge on any atom is 0.118 e. The van der Waals surface area contributed by atoms with Crippen LogP contribution in [0.3, 0.4) is 0 Å². The van der Waals surface area contributed by atoms with Gasteiger partial charge >= 0.3 is 0 Å². The molecule has 1 unspecified atom stereocenters. The lowest BCUT2D eigenvalue weighted by Gasteiger charge is -2.13. The van der Waals surface area contributed by atoms with E-state index in [9.17, 15) is 0 Å². The fourth-order valence-corrected chi connectivity index (χ4v) is 1.68. The van der Waals surface area contributed by atoms with Crippen LogP contribution in [-0.2, 0) is 0 Å². The zero-order valence-corrected chi connectivity index (χ0v) is 9.49. The first-order chi connectivity index (χ1) is 7.29. The minimum Gasteiger partial charge on any atom is -0.497 e. The number of methoxy groups -OCH3 is 1. The van der Waals surface area contributed by atoms with Crippen molar-refractivity contribution in [2.24, 2.45) is 0 Å². The van der Waals surface area contributed by atoms with Crippen LogP contribution < -0.4 is 10.1 Å². The van der Waals surface area contributed by atoms with Gasteiger partial charge in [-0.1, -0.05) is 19.1 Å². The van der Waals surface area contributed by atoms with Gasteiger partial charge in [-0.15, -0.1) is 0 Å². The summed E-state index contributed by atoms with van der Waals surface area (Å²) in [4.78, 5) is 0. The predicted molar refractivity (Wildman–Crippen MR) is 62.4 cm³/mol. The van der Waals surface area contributed by atoms with Gasteiger partial charge in [0.15, 0.2) is 0 Å². The van der Waals surface area contributed by atoms with Crippen LogP contribution in [0.15, 0.2) is 24.3 Å². The standard InChI is InChI=1S/C13H19NO/c1-10(9-14-12-5-6-12)11-3-7-13(15-2)8-4-11/h3-4,7-8,10,12,14H,5-6,9H2,1-2H3. The van der Waals surface area contributed by atoms with Crippen molar-refractivity contribution in [3.63, 3.8) is 0 Å². The lowest BCUT2D eigenvalue weighted by atomic mass is 10.0. The van der Waals surface area contributed by atoms with Gasteiger partial charge < -0.3 is 10.1 Å². The summed E-state index contributed by atoms with van der Waals surface area (Å²) in [6, 6.07) is 9.16. The molecule has 0 heterocycles. The van der Waals surface area contributed by atoms with E-state index in [1.54, 1.807) is 7.11 Å². The molecular formula is C13H19NO. The Bertz CT molecular complexity index is 303. The van der Waals surface area contributed by atoms with Crippen LogP contribution in [0.25, 0.3) is 0 Å². The van der Waals surface area contributed by atoms with E-state index in [-0.39, 0.29) is 0 Å². The highest BCUT2D eigenvalue weighted by molar-refractivity contribution is 5.29. The van der Waals surface area contributed by atoms with Crippen LogP contribution in [0.2, 0.25) is 0 Å². The van der Waals surface area contributed by atoms with Crippen molar-refractivity contribution in [3.05, 3.63) is 29.8 Å². The zero-order valence-electron chi connectivity index (χ0n) is 9.49. The van der Waals surface area contributed by atoms with Gasteiger partial charge in [0.1, 0.15) is 5.75 Å². The highest BCUT2D eigenvalue weighted by Crippen LogP contribution is 2.22. The van der Waals surface area contributed by atoms with Crippen LogP contribution in [-0.4, -0.2) is 19.7 Å². The van der Waals surface area contributed by atoms with E-state index in [4.69, 9.17) is 4.74 Å². The number of hydrogen-bond acceptors (Lipinski definition) is 2. The van der Waals surface area contributed by atoms with E-state index < -0.39 is 0 Å². The van der Waals surface area contributed by atoms with Gasteiger partial charge in [0.05, 0.1) is 7.11 Å². The molecule has 0 radical (unpaired) electrons. The molecule has 0 bridgehead atoms. The smallest absolute Gasteiger partial charge is 0.118 e. The van der Waals surface area contributed by atoms with Crippen LogP contribution >= 0.6 is 0 Å². The summed E-state index contributed by atoms with van der Waals surface area (Å²) < 4.78 is 5.14. The summed E-state index contributed by atoms with van der Waals surface area (Å²) in [6.45, 7) is 3.34. The molecule has 15 heavy (non-hydrogen) atoms. The first kappa shape index (κ1) is 10.5. The van der Waals surface area contributed by atoms with Crippen molar-refractivity contribution in [1.29, 1.82) is 0 Å². The molecule has 1 atom stereocenters. The molecule has 0 amide bonds. The van der Waals surface area contributed by atoms with Gasteiger partial charge in [0, 0.05) is 12.6 Å². The molecule has 1 N–H and O–H groups in total. The van der Waals surface area contributed by atoms with Gasteiger partial charge in [-0.2, -0.15) is 0 Å². The Hall–Kier alpha value is -1.02. The van der Waals surface area contributed by atoms with Gasteiger partial charge in [0.2, 0.25) is 0 Å². The Morgan fingerprint density at radius 1 is 1.33 bits per heavy atom. The molecule has 1 aromatic carbocycles. The van der Waals surface area contributed by atoms with E-state index >= 15 is 0 Å². The molecule has 2 nitrogen and oxygen atoms in total. The Kier molecular flexibility index (Phi) is 3.27. The summed E-state index contributed by atoms with van der Waals surface area (Å²) in [7, 11) is 1.70. The van der Waals surface area contributed by atoms with E-state index in [1.807, 2.05) is 12.1 Å². The zero-order chi connectivity index (χ0) is 10.7. The lowest BCUT2D eigenvalue weighted by molar-refractivity contribution is 0.414. The molecule has 1 fully saturated rings. The lowest BCUT2D eigenvalue weighted by Crippen LogP contribution is -2.21. The fourth-order valence-electron chi connectivity index (χ4n) is 1.68. The third kappa shape index (κ3) is 2.96. The van der Waals surface area contributed by atoms with Crippen LogP contribution in [0.1, 0.15) is 31.2 Å². The van der Waals surface area contributed by atoms with Crippen LogP contribution in [0.5, 0.6) is 5.75 Å². The van der Waals surface area contributed by atoms with Crippen molar-refractivity contribution < 1.29 is 4.74 Å². The third-order valence-corrected chi connectivity index (χ3v) is 2.97. The first-order valence-corrected chi connectivity index (χ1v) is 5.67. The Balaban J connectivity index is 1.88. The number of rotatable bonds is 5. The minimum atomic E-state index is 0.580. The molecule has 2 rings (SSSR count). The molecule has 82 valence electrons. The normalized spacial score (nSPS) is 17.5. The van der Waals surface area contributed by atoms with Gasteiger partial charge in [-0.05, 0) is 36.5 Å². The van der Waals surface area contributed by atoms with Crippen molar-refractivity contribution in [3.8, 4) is 5.75 Å². The quantitative estimate of drug-likeness (QED) is 0.797. The van der Waals surface area contributed by atoms with E-state index in [1.165, 1.54) is 18.4 Å². The Morgan fingerprint density at radius 3 is 2.53 bits per heavy atom. The maximum atomic E-state index is 5.14. The average molecular weight is 205 g/mol. The SMILES string of the molecule is COc1ccc(C(C)CNC2CC2)cc1. The summed E-state index contributed by atoms with van der Waals surface area (Å²) in [5, 5.41) is 3.55. The molecule has 1 saturated carbocycles. The monoisotopic (exact) mass is 205 g/mol. The number of hydrogen-bond donors (Lipinski definition) is 1. The molecule has 0 aliphatic heterocycles. The Morgan fingerprint density at radius 2 is 2.00 bits per heavy atom. The van der Waals surface area contributed by atoms with Gasteiger partial charge in [-0.25, -0.2) is 0 Å². The third-order valence-electron chi connectivity index (χ3n) is 2.97. The summed E-state index contributed by atoms with van der Waals surface area (Å²) in [5.74, 6) is 1.51. The summed E-state index contributed by atoms with van der Waals surface area (Å²) in [5.41, 5.74) is 1.38. The summed E-state index contributed by atoms with van der Waals surface area (Å²) >= 11 is 0. The maximum absolute atomic E-state index is 5.14. The molecule has 0 aromatic heterocycles. The molecule has 0 saturated heterocycles. The second-order valence-corrected chi connectivity index (χ2v) is 4.36. The van der Waals surface area contributed by atoms with Crippen molar-refractivity contribution >= 4 is 0 Å². The minimum absolute atomic E-state index is 0.580. The Labute approximate surface area is 91.6 Å². The average Bonchev–Trinajstić information content (AvgIpc) is 3.10. The van der Waals surface area contributed by atoms with Crippen molar-refractivity contribution in [2.45, 2.75) is 31.7 Å². The number of ether oxygens (including phenoxy) is 1. The highest BCUT2D eigenvalue weighted by Gasteiger charge is 2.21. The number of nitrogens with one attached hydrogen (secondary N) is 1. The molecule has 2 heteroatoms. The number of benzene rings is 1.